The number of carbonyl (C=O) groups is 2. The quantitative estimate of drug-likeness (QED) is 0.832. The first kappa shape index (κ1) is 16.8. The average molecular weight is 396 g/mol. The number of nitriles is 1. The number of hydrogen-bond acceptors (Lipinski definition) is 5. The van der Waals surface area contributed by atoms with Gasteiger partial charge in [0.25, 0.3) is 5.91 Å². The van der Waals surface area contributed by atoms with Gasteiger partial charge in [0.05, 0.1) is 11.3 Å². The van der Waals surface area contributed by atoms with E-state index in [2.05, 4.69) is 11.4 Å². The third-order valence-corrected chi connectivity index (χ3v) is 8.22. The molecule has 3 heterocycles. The Hall–Kier alpha value is -2.30. The van der Waals surface area contributed by atoms with Crippen molar-refractivity contribution in [1.29, 1.82) is 5.26 Å². The number of amides is 2. The van der Waals surface area contributed by atoms with E-state index in [1.807, 2.05) is 24.3 Å². The Kier molecular flexibility index (Phi) is 3.81. The Bertz CT molecular complexity index is 1020. The molecule has 0 saturated carbocycles. The van der Waals surface area contributed by atoms with Gasteiger partial charge < -0.3 is 5.32 Å². The molecule has 1 aromatic heterocycles. The molecule has 2 aromatic rings. The monoisotopic (exact) mass is 395 g/mol. The highest BCUT2D eigenvalue weighted by Gasteiger charge is 2.57. The molecule has 3 aliphatic rings. The van der Waals surface area contributed by atoms with Crippen molar-refractivity contribution in [2.45, 2.75) is 48.3 Å². The highest BCUT2D eigenvalue weighted by atomic mass is 32.2. The van der Waals surface area contributed by atoms with Gasteiger partial charge in [0.1, 0.15) is 11.1 Å². The van der Waals surface area contributed by atoms with Gasteiger partial charge in [-0.15, -0.1) is 11.3 Å². The Morgan fingerprint density at radius 3 is 2.89 bits per heavy atom. The van der Waals surface area contributed by atoms with Crippen LogP contribution in [0.25, 0.3) is 0 Å². The van der Waals surface area contributed by atoms with Crippen LogP contribution >= 0.6 is 23.1 Å². The number of para-hydroxylation sites is 1. The lowest BCUT2D eigenvalue weighted by molar-refractivity contribution is -0.121. The Balaban J connectivity index is 1.51. The summed E-state index contributed by atoms with van der Waals surface area (Å²) < 4.78 is 0. The zero-order chi connectivity index (χ0) is 18.6. The summed E-state index contributed by atoms with van der Waals surface area (Å²) >= 11 is 2.97. The lowest BCUT2D eigenvalue weighted by Gasteiger charge is -2.29. The van der Waals surface area contributed by atoms with Crippen LogP contribution in [0.4, 0.5) is 10.7 Å². The second-order valence-corrected chi connectivity index (χ2v) is 9.49. The van der Waals surface area contributed by atoms with Crippen molar-refractivity contribution in [2.75, 3.05) is 10.2 Å². The molecular formula is C20H17N3O2S2. The third-order valence-electron chi connectivity index (χ3n) is 5.54. The topological polar surface area (TPSA) is 73.2 Å². The van der Waals surface area contributed by atoms with Gasteiger partial charge >= 0.3 is 0 Å². The molecule has 1 unspecified atom stereocenters. The van der Waals surface area contributed by atoms with E-state index >= 15 is 0 Å². The Labute approximate surface area is 165 Å². The molecule has 5 rings (SSSR count). The minimum absolute atomic E-state index is 0.0198. The van der Waals surface area contributed by atoms with Crippen molar-refractivity contribution >= 4 is 45.6 Å². The average Bonchev–Trinajstić information content (AvgIpc) is 3.31. The van der Waals surface area contributed by atoms with Crippen LogP contribution in [0, 0.1) is 11.3 Å². The summed E-state index contributed by atoms with van der Waals surface area (Å²) in [5.41, 5.74) is 2.52. The van der Waals surface area contributed by atoms with E-state index in [4.69, 9.17) is 0 Å². The standard InChI is InChI=1S/C20H17N3O2S2/c21-11-13-12-5-1-3-7-15(12)26-18(13)22-19(25)20-10-9-17(24)23(20)14-6-2-4-8-16(14)27-20/h2,4,6,8H,1,3,5,7,9-10H2,(H,22,25). The molecule has 1 atom stereocenters. The Morgan fingerprint density at radius 1 is 1.22 bits per heavy atom. The van der Waals surface area contributed by atoms with Crippen molar-refractivity contribution in [3.8, 4) is 6.07 Å². The molecule has 0 spiro atoms. The molecule has 2 amide bonds. The molecule has 7 heteroatoms. The minimum atomic E-state index is -0.946. The lowest BCUT2D eigenvalue weighted by atomic mass is 9.96. The zero-order valence-corrected chi connectivity index (χ0v) is 16.2. The van der Waals surface area contributed by atoms with Gasteiger partial charge in [0.2, 0.25) is 5.91 Å². The van der Waals surface area contributed by atoms with Crippen LogP contribution in [-0.2, 0) is 22.4 Å². The van der Waals surface area contributed by atoms with E-state index in [-0.39, 0.29) is 11.8 Å². The van der Waals surface area contributed by atoms with Crippen LogP contribution in [-0.4, -0.2) is 16.7 Å². The number of thiophene rings is 1. The second kappa shape index (κ2) is 6.11. The Morgan fingerprint density at radius 2 is 2.04 bits per heavy atom. The summed E-state index contributed by atoms with van der Waals surface area (Å²) in [4.78, 5) is 28.8. The van der Waals surface area contributed by atoms with Gasteiger partial charge in [-0.3, -0.25) is 14.5 Å². The molecule has 0 bridgehead atoms. The summed E-state index contributed by atoms with van der Waals surface area (Å²) in [5.74, 6) is -0.224. The van der Waals surface area contributed by atoms with Gasteiger partial charge in [0, 0.05) is 16.2 Å². The second-order valence-electron chi connectivity index (χ2n) is 7.06. The fourth-order valence-corrected chi connectivity index (χ4v) is 6.92. The van der Waals surface area contributed by atoms with E-state index in [0.29, 0.717) is 23.4 Å². The smallest absolute Gasteiger partial charge is 0.262 e. The van der Waals surface area contributed by atoms with E-state index < -0.39 is 4.87 Å². The number of carbonyl (C=O) groups excluding carboxylic acids is 2. The van der Waals surface area contributed by atoms with Gasteiger partial charge in [-0.05, 0) is 49.8 Å². The number of anilines is 2. The number of rotatable bonds is 2. The minimum Gasteiger partial charge on any atom is -0.314 e. The fourth-order valence-electron chi connectivity index (χ4n) is 4.27. The number of nitrogens with one attached hydrogen (secondary N) is 1. The van der Waals surface area contributed by atoms with E-state index in [0.717, 1.165) is 41.8 Å². The summed E-state index contributed by atoms with van der Waals surface area (Å²) in [6, 6.07) is 9.95. The fraction of sp³-hybridized carbons (Fsp3) is 0.350. The molecule has 136 valence electrons. The number of hydrogen-bond donors (Lipinski definition) is 1. The highest BCUT2D eigenvalue weighted by molar-refractivity contribution is 8.02. The summed E-state index contributed by atoms with van der Waals surface area (Å²) in [6.07, 6.45) is 4.93. The zero-order valence-electron chi connectivity index (χ0n) is 14.6. The first-order valence-corrected chi connectivity index (χ1v) is 10.7. The third kappa shape index (κ3) is 2.36. The van der Waals surface area contributed by atoms with Crippen LogP contribution in [0.5, 0.6) is 0 Å². The first-order chi connectivity index (χ1) is 13.1. The van der Waals surface area contributed by atoms with Gasteiger partial charge in [-0.25, -0.2) is 0 Å². The summed E-state index contributed by atoms with van der Waals surface area (Å²) in [7, 11) is 0. The van der Waals surface area contributed by atoms with Crippen LogP contribution in [0.1, 0.15) is 41.7 Å². The van der Waals surface area contributed by atoms with E-state index in [1.165, 1.54) is 28.0 Å². The number of nitrogens with zero attached hydrogens (tertiary/aromatic N) is 2. The number of thioether (sulfide) groups is 1. The largest absolute Gasteiger partial charge is 0.314 e. The van der Waals surface area contributed by atoms with Crippen molar-refractivity contribution in [3.63, 3.8) is 0 Å². The molecule has 1 N–H and O–H groups in total. The SMILES string of the molecule is N#Cc1c(NC(=O)C23CCC(=O)N2c2ccccc2S3)sc2c1CCCC2. The molecule has 5 nitrogen and oxygen atoms in total. The summed E-state index contributed by atoms with van der Waals surface area (Å²) in [6.45, 7) is 0. The van der Waals surface area contributed by atoms with Gasteiger partial charge in [-0.2, -0.15) is 5.26 Å². The van der Waals surface area contributed by atoms with Gasteiger partial charge in [0.15, 0.2) is 4.87 Å². The van der Waals surface area contributed by atoms with Crippen LogP contribution < -0.4 is 10.2 Å². The number of aryl methyl sites for hydroxylation is 1. The predicted molar refractivity (Wildman–Crippen MR) is 106 cm³/mol. The van der Waals surface area contributed by atoms with Crippen LogP contribution in [0.2, 0.25) is 0 Å². The maximum absolute atomic E-state index is 13.4. The van der Waals surface area contributed by atoms with Crippen molar-refractivity contribution in [1.82, 2.24) is 0 Å². The van der Waals surface area contributed by atoms with Gasteiger partial charge in [-0.1, -0.05) is 23.9 Å². The van der Waals surface area contributed by atoms with Crippen molar-refractivity contribution in [3.05, 3.63) is 40.3 Å². The maximum Gasteiger partial charge on any atom is 0.262 e. The molecule has 2 aliphatic heterocycles. The highest BCUT2D eigenvalue weighted by Crippen LogP contribution is 2.56. The van der Waals surface area contributed by atoms with Crippen LogP contribution in [0.15, 0.2) is 29.2 Å². The molecule has 0 radical (unpaired) electrons. The number of benzene rings is 1. The summed E-state index contributed by atoms with van der Waals surface area (Å²) in [5, 5.41) is 13.3. The molecular weight excluding hydrogens is 378 g/mol. The van der Waals surface area contributed by atoms with Crippen molar-refractivity contribution < 1.29 is 9.59 Å². The first-order valence-electron chi connectivity index (χ1n) is 9.11. The van der Waals surface area contributed by atoms with E-state index in [9.17, 15) is 14.9 Å². The predicted octanol–water partition coefficient (Wildman–Crippen LogP) is 4.07. The molecule has 1 aromatic carbocycles. The van der Waals surface area contributed by atoms with E-state index in [1.54, 1.807) is 4.90 Å². The molecule has 27 heavy (non-hydrogen) atoms. The van der Waals surface area contributed by atoms with Crippen LogP contribution in [0.3, 0.4) is 0 Å². The lowest BCUT2D eigenvalue weighted by Crippen LogP contribution is -2.49. The molecule has 1 aliphatic carbocycles. The number of fused-ring (bicyclic) bond motifs is 4. The normalized spacial score (nSPS) is 22.8. The molecule has 1 fully saturated rings. The van der Waals surface area contributed by atoms with Crippen molar-refractivity contribution in [2.24, 2.45) is 0 Å². The maximum atomic E-state index is 13.4. The molecule has 1 saturated heterocycles.